The second-order valence-corrected chi connectivity index (χ2v) is 16.4. The third-order valence-electron chi connectivity index (χ3n) is 12.6. The Morgan fingerprint density at radius 1 is 0.312 bits per heavy atom. The zero-order chi connectivity index (χ0) is 42.1. The number of hydrogen-bond acceptors (Lipinski definition) is 4. The summed E-state index contributed by atoms with van der Waals surface area (Å²) in [6.07, 6.45) is 0. The number of aromatic nitrogens is 4. The maximum absolute atomic E-state index is 7.20. The van der Waals surface area contributed by atoms with Crippen LogP contribution in [0.25, 0.3) is 127 Å². The molecule has 0 bridgehead atoms. The summed E-state index contributed by atoms with van der Waals surface area (Å²) in [7, 11) is 0. The molecule has 0 N–H and O–H groups in total. The Labute approximate surface area is 368 Å². The minimum atomic E-state index is 0.533. The first kappa shape index (κ1) is 36.0. The molecule has 0 aliphatic rings. The molecule has 0 aliphatic carbocycles. The standard InChI is InChI=1S/C59H36N4O/c1-3-14-37(15-4-1)39-26-28-41(29-27-39)57-60-58(45-22-13-21-42(34-45)38-16-5-2-6-17-38)62-59(61-57)49-32-33-52(54-48-31-30-40-18-9-10-23-46(40)55(48)64-56(49)54)63-51-25-12-11-24-47(51)50-35-43-19-7-8-20-44(43)36-53(50)63/h1-36H. The summed E-state index contributed by atoms with van der Waals surface area (Å²) in [6.45, 7) is 0. The molecule has 0 fully saturated rings. The molecule has 3 aromatic heterocycles. The molecule has 0 radical (unpaired) electrons. The van der Waals surface area contributed by atoms with Gasteiger partial charge in [0.1, 0.15) is 11.2 Å². The van der Waals surface area contributed by atoms with Crippen LogP contribution in [0.2, 0.25) is 0 Å². The molecule has 5 nitrogen and oxygen atoms in total. The molecule has 0 saturated heterocycles. The average molecular weight is 817 g/mol. The Bertz CT molecular complexity index is 3940. The first-order valence-corrected chi connectivity index (χ1v) is 21.6. The summed E-state index contributed by atoms with van der Waals surface area (Å²) >= 11 is 0. The van der Waals surface area contributed by atoms with Crippen molar-refractivity contribution in [3.63, 3.8) is 0 Å². The van der Waals surface area contributed by atoms with E-state index in [1.54, 1.807) is 0 Å². The number of fused-ring (bicyclic) bond motifs is 9. The van der Waals surface area contributed by atoms with Crippen molar-refractivity contribution in [2.24, 2.45) is 0 Å². The lowest BCUT2D eigenvalue weighted by Gasteiger charge is -2.13. The number of furan rings is 1. The van der Waals surface area contributed by atoms with Crippen LogP contribution < -0.4 is 0 Å². The van der Waals surface area contributed by atoms with Gasteiger partial charge >= 0.3 is 0 Å². The molecule has 13 rings (SSSR count). The van der Waals surface area contributed by atoms with E-state index in [9.17, 15) is 0 Å². The maximum Gasteiger partial charge on any atom is 0.167 e. The fraction of sp³-hybridized carbons (Fsp3) is 0. The Kier molecular flexibility index (Phi) is 8.15. The maximum atomic E-state index is 7.20. The van der Waals surface area contributed by atoms with Crippen LogP contribution in [0.15, 0.2) is 223 Å². The third kappa shape index (κ3) is 5.83. The lowest BCUT2D eigenvalue weighted by molar-refractivity contribution is 0.673. The van der Waals surface area contributed by atoms with Crippen molar-refractivity contribution < 1.29 is 4.42 Å². The molecule has 298 valence electrons. The topological polar surface area (TPSA) is 56.7 Å². The second-order valence-electron chi connectivity index (χ2n) is 16.4. The summed E-state index contributed by atoms with van der Waals surface area (Å²) < 4.78 is 9.61. The van der Waals surface area contributed by atoms with Gasteiger partial charge in [-0.2, -0.15) is 0 Å². The van der Waals surface area contributed by atoms with Gasteiger partial charge in [0, 0.05) is 32.7 Å². The molecule has 0 spiro atoms. The Hall–Kier alpha value is -8.67. The molecule has 0 saturated carbocycles. The largest absolute Gasteiger partial charge is 0.455 e. The van der Waals surface area contributed by atoms with Gasteiger partial charge in [-0.1, -0.05) is 176 Å². The quantitative estimate of drug-likeness (QED) is 0.168. The van der Waals surface area contributed by atoms with E-state index < -0.39 is 0 Å². The number of nitrogens with zero attached hydrogens (tertiary/aromatic N) is 4. The van der Waals surface area contributed by atoms with Gasteiger partial charge in [-0.3, -0.25) is 0 Å². The molecule has 13 aromatic rings. The van der Waals surface area contributed by atoms with Crippen molar-refractivity contribution in [3.05, 3.63) is 218 Å². The summed E-state index contributed by atoms with van der Waals surface area (Å²) in [6, 6.07) is 76.8. The van der Waals surface area contributed by atoms with Gasteiger partial charge in [0.05, 0.1) is 27.7 Å². The second kappa shape index (κ2) is 14.5. The van der Waals surface area contributed by atoms with Crippen LogP contribution in [0.4, 0.5) is 0 Å². The van der Waals surface area contributed by atoms with E-state index in [2.05, 4.69) is 211 Å². The minimum Gasteiger partial charge on any atom is -0.455 e. The first-order chi connectivity index (χ1) is 31.7. The summed E-state index contributed by atoms with van der Waals surface area (Å²) in [5, 5.41) is 8.98. The van der Waals surface area contributed by atoms with Gasteiger partial charge in [0.15, 0.2) is 17.5 Å². The molecule has 0 amide bonds. The van der Waals surface area contributed by atoms with Crippen LogP contribution in [0.5, 0.6) is 0 Å². The van der Waals surface area contributed by atoms with E-state index in [0.717, 1.165) is 88.4 Å². The van der Waals surface area contributed by atoms with Crippen molar-refractivity contribution in [2.45, 2.75) is 0 Å². The van der Waals surface area contributed by atoms with Crippen LogP contribution in [0.1, 0.15) is 0 Å². The smallest absolute Gasteiger partial charge is 0.167 e. The van der Waals surface area contributed by atoms with Gasteiger partial charge in [0.25, 0.3) is 0 Å². The number of benzene rings is 10. The predicted octanol–water partition coefficient (Wildman–Crippen LogP) is 15.5. The zero-order valence-electron chi connectivity index (χ0n) is 34.5. The van der Waals surface area contributed by atoms with Gasteiger partial charge in [-0.25, -0.2) is 15.0 Å². The van der Waals surface area contributed by atoms with Crippen LogP contribution in [-0.2, 0) is 0 Å². The highest BCUT2D eigenvalue weighted by molar-refractivity contribution is 6.21. The van der Waals surface area contributed by atoms with Crippen LogP contribution in [-0.4, -0.2) is 19.5 Å². The summed E-state index contributed by atoms with van der Waals surface area (Å²) in [4.78, 5) is 15.8. The lowest BCUT2D eigenvalue weighted by atomic mass is 10.0. The van der Waals surface area contributed by atoms with Gasteiger partial charge in [0.2, 0.25) is 0 Å². The van der Waals surface area contributed by atoms with Crippen LogP contribution in [0.3, 0.4) is 0 Å². The van der Waals surface area contributed by atoms with Crippen molar-refractivity contribution >= 4 is 65.3 Å². The van der Waals surface area contributed by atoms with Gasteiger partial charge < -0.3 is 8.98 Å². The minimum absolute atomic E-state index is 0.533. The van der Waals surface area contributed by atoms with Gasteiger partial charge in [-0.05, 0) is 80.9 Å². The molecule has 5 heteroatoms. The van der Waals surface area contributed by atoms with Crippen LogP contribution >= 0.6 is 0 Å². The highest BCUT2D eigenvalue weighted by Crippen LogP contribution is 2.44. The molecule has 64 heavy (non-hydrogen) atoms. The third-order valence-corrected chi connectivity index (χ3v) is 12.6. The van der Waals surface area contributed by atoms with E-state index in [0.29, 0.717) is 17.5 Å². The Morgan fingerprint density at radius 3 is 1.67 bits per heavy atom. The molecule has 0 unspecified atom stereocenters. The van der Waals surface area contributed by atoms with E-state index >= 15 is 0 Å². The number of para-hydroxylation sites is 1. The van der Waals surface area contributed by atoms with E-state index in [4.69, 9.17) is 19.4 Å². The van der Waals surface area contributed by atoms with Crippen molar-refractivity contribution in [1.82, 2.24) is 19.5 Å². The fourth-order valence-corrected chi connectivity index (χ4v) is 9.53. The number of hydrogen-bond donors (Lipinski definition) is 0. The van der Waals surface area contributed by atoms with Crippen molar-refractivity contribution in [1.29, 1.82) is 0 Å². The van der Waals surface area contributed by atoms with E-state index in [1.165, 1.54) is 21.5 Å². The first-order valence-electron chi connectivity index (χ1n) is 21.6. The molecular formula is C59H36N4O. The monoisotopic (exact) mass is 816 g/mol. The molecule has 10 aromatic carbocycles. The predicted molar refractivity (Wildman–Crippen MR) is 264 cm³/mol. The zero-order valence-corrected chi connectivity index (χ0v) is 34.5. The van der Waals surface area contributed by atoms with E-state index in [-0.39, 0.29) is 0 Å². The average Bonchev–Trinajstić information content (AvgIpc) is 3.92. The molecule has 0 aliphatic heterocycles. The summed E-state index contributed by atoms with van der Waals surface area (Å²) in [5.41, 5.74) is 11.9. The normalized spacial score (nSPS) is 11.8. The van der Waals surface area contributed by atoms with Crippen molar-refractivity contribution in [2.75, 3.05) is 0 Å². The van der Waals surface area contributed by atoms with Crippen molar-refractivity contribution in [3.8, 4) is 62.1 Å². The molecule has 0 atom stereocenters. The highest BCUT2D eigenvalue weighted by Gasteiger charge is 2.24. The summed E-state index contributed by atoms with van der Waals surface area (Å²) in [5.74, 6) is 1.70. The van der Waals surface area contributed by atoms with E-state index in [1.807, 2.05) is 12.1 Å². The highest BCUT2D eigenvalue weighted by atomic mass is 16.3. The SMILES string of the molecule is c1ccc(-c2ccc(-c3nc(-c4cccc(-c5ccccc5)c4)nc(-c4ccc(-n5c6ccccc6c6cc7ccccc7cc65)c5c4oc4c6ccccc6ccc45)n3)cc2)cc1. The Morgan fingerprint density at radius 2 is 0.891 bits per heavy atom. The number of rotatable bonds is 6. The fourth-order valence-electron chi connectivity index (χ4n) is 9.53. The van der Waals surface area contributed by atoms with Gasteiger partial charge in [-0.15, -0.1) is 0 Å². The molecule has 3 heterocycles. The molecular weight excluding hydrogens is 781 g/mol. The van der Waals surface area contributed by atoms with Crippen LogP contribution in [0, 0.1) is 0 Å². The Balaban J connectivity index is 1.09. The lowest BCUT2D eigenvalue weighted by Crippen LogP contribution is -2.01.